The molecule has 0 amide bonds. The molecule has 1 aliphatic rings. The summed E-state index contributed by atoms with van der Waals surface area (Å²) < 4.78 is 10.3. The number of oxazole rings is 1. The second-order valence-corrected chi connectivity index (χ2v) is 6.63. The molecule has 0 saturated carbocycles. The number of rotatable bonds is 2. The summed E-state index contributed by atoms with van der Waals surface area (Å²) in [5.41, 5.74) is 9.56. The molecule has 1 unspecified atom stereocenters. The second kappa shape index (κ2) is 5.83. The van der Waals surface area contributed by atoms with Crippen molar-refractivity contribution in [3.8, 4) is 0 Å². The Morgan fingerprint density at radius 2 is 2.07 bits per heavy atom. The van der Waals surface area contributed by atoms with Gasteiger partial charge in [-0.3, -0.25) is 10.7 Å². The van der Waals surface area contributed by atoms with E-state index in [1.54, 1.807) is 30.6 Å². The summed E-state index contributed by atoms with van der Waals surface area (Å²) in [5.74, 6) is -0.0304. The largest absolute Gasteiger partial charge is 0.417 e. The minimum absolute atomic E-state index is 0.468. The molecule has 0 bridgehead atoms. The minimum Gasteiger partial charge on any atom is -0.408 e. The average molecular weight is 376 g/mol. The molecular formula is C19H16N6O3. The zero-order valence-corrected chi connectivity index (χ0v) is 14.8. The maximum atomic E-state index is 11.4. The first kappa shape index (κ1) is 16.3. The molecule has 0 saturated heterocycles. The van der Waals surface area contributed by atoms with E-state index in [1.807, 2.05) is 25.1 Å². The molecule has 0 aliphatic carbocycles. The number of fused-ring (bicyclic) bond motifs is 2. The smallest absolute Gasteiger partial charge is 0.408 e. The number of nitrogens with one attached hydrogen (secondary N) is 3. The minimum atomic E-state index is -1.10. The van der Waals surface area contributed by atoms with E-state index in [0.29, 0.717) is 22.6 Å². The van der Waals surface area contributed by atoms with Crippen LogP contribution in [0.5, 0.6) is 0 Å². The van der Waals surface area contributed by atoms with Gasteiger partial charge in [-0.2, -0.15) is 0 Å². The number of hydrogen-bond acceptors (Lipinski definition) is 8. The van der Waals surface area contributed by atoms with Gasteiger partial charge in [0.2, 0.25) is 5.96 Å². The first-order valence-electron chi connectivity index (χ1n) is 8.59. The molecule has 9 nitrogen and oxygen atoms in total. The molecule has 3 heterocycles. The highest BCUT2D eigenvalue weighted by atomic mass is 16.5. The van der Waals surface area contributed by atoms with Crippen LogP contribution in [0.2, 0.25) is 0 Å². The molecule has 9 heteroatoms. The number of aromatic amines is 1. The normalized spacial score (nSPS) is 19.4. The van der Waals surface area contributed by atoms with Gasteiger partial charge in [0.25, 0.3) is 0 Å². The Bertz CT molecular complexity index is 1330. The number of nitrogens with zero attached hydrogens (tertiary/aromatic N) is 2. The van der Waals surface area contributed by atoms with Crippen molar-refractivity contribution in [3.05, 3.63) is 70.5 Å². The highest BCUT2D eigenvalue weighted by Gasteiger charge is 2.32. The molecule has 0 fully saturated rings. The van der Waals surface area contributed by atoms with E-state index < -0.39 is 11.4 Å². The van der Waals surface area contributed by atoms with Crippen LogP contribution >= 0.6 is 0 Å². The van der Waals surface area contributed by atoms with Crippen molar-refractivity contribution in [1.29, 1.82) is 0 Å². The van der Waals surface area contributed by atoms with Crippen LogP contribution in [0.3, 0.4) is 0 Å². The van der Waals surface area contributed by atoms with Gasteiger partial charge in [-0.05, 0) is 36.8 Å². The molecule has 0 spiro atoms. The van der Waals surface area contributed by atoms with Gasteiger partial charge in [0.15, 0.2) is 16.8 Å². The Labute approximate surface area is 157 Å². The standard InChI is InChI=1S/C19H16N6O3/c1-10-8-21-17(23-13-4-2-11-9-22-28-16(11)7-13)25-19(10,20)12-3-5-15-14(6-12)24-18(26)27-15/h2-9H,20H2,1H3,(H,24,26)(H2,21,23,25). The summed E-state index contributed by atoms with van der Waals surface area (Å²) in [6.45, 7) is 1.89. The van der Waals surface area contributed by atoms with Gasteiger partial charge in [0, 0.05) is 28.9 Å². The average Bonchev–Trinajstić information content (AvgIpc) is 3.28. The number of guanidine groups is 1. The third-order valence-electron chi connectivity index (χ3n) is 4.79. The van der Waals surface area contributed by atoms with Crippen molar-refractivity contribution in [1.82, 2.24) is 15.5 Å². The lowest BCUT2D eigenvalue weighted by atomic mass is 9.93. The fraction of sp³-hybridized carbons (Fsp3) is 0.105. The van der Waals surface area contributed by atoms with Gasteiger partial charge < -0.3 is 19.6 Å². The van der Waals surface area contributed by atoms with E-state index in [-0.39, 0.29) is 0 Å². The van der Waals surface area contributed by atoms with E-state index in [0.717, 1.165) is 22.2 Å². The lowest BCUT2D eigenvalue weighted by Crippen LogP contribution is -2.44. The Morgan fingerprint density at radius 3 is 2.96 bits per heavy atom. The Balaban J connectivity index is 1.52. The third kappa shape index (κ3) is 2.57. The SMILES string of the molecule is CC1=CNC(Nc2ccc3cnoc3c2)=NC1(N)c1ccc2oc(=O)[nH]c2c1. The van der Waals surface area contributed by atoms with E-state index >= 15 is 0 Å². The van der Waals surface area contributed by atoms with E-state index in [2.05, 4.69) is 25.8 Å². The maximum Gasteiger partial charge on any atom is 0.417 e. The van der Waals surface area contributed by atoms with Crippen LogP contribution in [-0.4, -0.2) is 16.1 Å². The molecule has 140 valence electrons. The molecule has 28 heavy (non-hydrogen) atoms. The number of benzene rings is 2. The molecule has 5 N–H and O–H groups in total. The monoisotopic (exact) mass is 376 g/mol. The van der Waals surface area contributed by atoms with Gasteiger partial charge in [0.05, 0.1) is 11.7 Å². The van der Waals surface area contributed by atoms with E-state index in [1.165, 1.54) is 0 Å². The van der Waals surface area contributed by atoms with E-state index in [9.17, 15) is 4.79 Å². The van der Waals surface area contributed by atoms with Crippen LogP contribution in [0.15, 0.2) is 73.1 Å². The van der Waals surface area contributed by atoms with Crippen molar-refractivity contribution < 1.29 is 8.94 Å². The van der Waals surface area contributed by atoms with Gasteiger partial charge in [-0.1, -0.05) is 11.2 Å². The van der Waals surface area contributed by atoms with Gasteiger partial charge in [-0.15, -0.1) is 0 Å². The van der Waals surface area contributed by atoms with Crippen LogP contribution in [0, 0.1) is 0 Å². The van der Waals surface area contributed by atoms with Gasteiger partial charge in [-0.25, -0.2) is 9.79 Å². The number of H-pyrrole nitrogens is 1. The fourth-order valence-electron chi connectivity index (χ4n) is 3.20. The fourth-order valence-corrected chi connectivity index (χ4v) is 3.20. The molecule has 1 atom stereocenters. The summed E-state index contributed by atoms with van der Waals surface area (Å²) >= 11 is 0. The van der Waals surface area contributed by atoms with Crippen molar-refractivity contribution in [2.24, 2.45) is 10.7 Å². The predicted molar refractivity (Wildman–Crippen MR) is 105 cm³/mol. The number of aliphatic imine (C=N–C) groups is 1. The van der Waals surface area contributed by atoms with Crippen molar-refractivity contribution >= 4 is 33.7 Å². The second-order valence-electron chi connectivity index (χ2n) is 6.63. The molecule has 5 rings (SSSR count). The van der Waals surface area contributed by atoms with Crippen LogP contribution < -0.4 is 22.1 Å². The Hall–Kier alpha value is -3.85. The summed E-state index contributed by atoms with van der Waals surface area (Å²) in [6.07, 6.45) is 3.45. The first-order chi connectivity index (χ1) is 13.5. The Kier molecular flexibility index (Phi) is 3.40. The highest BCUT2D eigenvalue weighted by Crippen LogP contribution is 2.31. The van der Waals surface area contributed by atoms with Crippen LogP contribution in [0.25, 0.3) is 22.1 Å². The van der Waals surface area contributed by atoms with Crippen molar-refractivity contribution in [2.45, 2.75) is 12.6 Å². The van der Waals surface area contributed by atoms with Crippen LogP contribution in [0.1, 0.15) is 12.5 Å². The summed E-state index contributed by atoms with van der Waals surface area (Å²) in [6, 6.07) is 10.9. The predicted octanol–water partition coefficient (Wildman–Crippen LogP) is 2.35. The van der Waals surface area contributed by atoms with Crippen molar-refractivity contribution in [3.63, 3.8) is 0 Å². The zero-order chi connectivity index (χ0) is 19.3. The summed E-state index contributed by atoms with van der Waals surface area (Å²) in [7, 11) is 0. The van der Waals surface area contributed by atoms with Crippen LogP contribution in [0.4, 0.5) is 5.69 Å². The first-order valence-corrected chi connectivity index (χ1v) is 8.59. The summed E-state index contributed by atoms with van der Waals surface area (Å²) in [4.78, 5) is 18.7. The molecule has 2 aromatic heterocycles. The third-order valence-corrected chi connectivity index (χ3v) is 4.79. The number of hydrogen-bond donors (Lipinski definition) is 4. The van der Waals surface area contributed by atoms with E-state index in [4.69, 9.17) is 14.7 Å². The highest BCUT2D eigenvalue weighted by molar-refractivity contribution is 5.97. The molecule has 0 radical (unpaired) electrons. The maximum absolute atomic E-state index is 11.4. The molecular weight excluding hydrogens is 360 g/mol. The van der Waals surface area contributed by atoms with Crippen molar-refractivity contribution in [2.75, 3.05) is 5.32 Å². The number of nitrogens with two attached hydrogens (primary N) is 1. The quantitative estimate of drug-likeness (QED) is 0.422. The molecule has 1 aliphatic heterocycles. The number of anilines is 1. The number of aromatic nitrogens is 2. The lowest BCUT2D eigenvalue weighted by Gasteiger charge is -2.31. The topological polar surface area (TPSA) is 134 Å². The summed E-state index contributed by atoms with van der Waals surface area (Å²) in [5, 5.41) is 11.0. The zero-order valence-electron chi connectivity index (χ0n) is 14.8. The van der Waals surface area contributed by atoms with Crippen LogP contribution in [-0.2, 0) is 5.66 Å². The van der Waals surface area contributed by atoms with Gasteiger partial charge >= 0.3 is 5.76 Å². The van der Waals surface area contributed by atoms with Gasteiger partial charge in [0.1, 0.15) is 0 Å². The molecule has 2 aromatic carbocycles. The Morgan fingerprint density at radius 1 is 1.18 bits per heavy atom. The lowest BCUT2D eigenvalue weighted by molar-refractivity contribution is 0.456. The molecule has 4 aromatic rings.